The molecule has 0 aromatic carbocycles. The van der Waals surface area contributed by atoms with Crippen LogP contribution in [0.15, 0.2) is 11.4 Å². The van der Waals surface area contributed by atoms with Crippen LogP contribution >= 0.6 is 11.3 Å². The minimum atomic E-state index is -0.564. The predicted octanol–water partition coefficient (Wildman–Crippen LogP) is 2.13. The van der Waals surface area contributed by atoms with Crippen LogP contribution < -0.4 is 0 Å². The van der Waals surface area contributed by atoms with Gasteiger partial charge in [-0.25, -0.2) is 4.98 Å². The van der Waals surface area contributed by atoms with E-state index >= 15 is 0 Å². The van der Waals surface area contributed by atoms with E-state index < -0.39 is 6.10 Å². The Morgan fingerprint density at radius 2 is 2.06 bits per heavy atom. The zero-order valence-corrected chi connectivity index (χ0v) is 11.0. The van der Waals surface area contributed by atoms with E-state index in [0.717, 1.165) is 27.7 Å². The molecule has 0 saturated heterocycles. The summed E-state index contributed by atoms with van der Waals surface area (Å²) in [6.07, 6.45) is -0.0400. The quantitative estimate of drug-likeness (QED) is 0.905. The molecule has 17 heavy (non-hydrogen) atoms. The Balaban J connectivity index is 2.19. The zero-order valence-electron chi connectivity index (χ0n) is 10.1. The summed E-state index contributed by atoms with van der Waals surface area (Å²) >= 11 is 1.60. The van der Waals surface area contributed by atoms with E-state index in [1.165, 1.54) is 0 Å². The number of rotatable bonds is 3. The first-order valence-corrected chi connectivity index (χ1v) is 6.34. The van der Waals surface area contributed by atoms with Crippen molar-refractivity contribution in [1.29, 1.82) is 0 Å². The molecule has 4 nitrogen and oxygen atoms in total. The molecule has 0 bridgehead atoms. The monoisotopic (exact) mass is 249 g/mol. The van der Waals surface area contributed by atoms with Crippen LogP contribution in [0.25, 0.3) is 0 Å². The highest BCUT2D eigenvalue weighted by molar-refractivity contribution is 7.09. The highest BCUT2D eigenvalue weighted by Crippen LogP contribution is 2.21. The lowest BCUT2D eigenvalue weighted by molar-refractivity contribution is 0.176. The summed E-state index contributed by atoms with van der Waals surface area (Å²) in [7, 11) is 0. The van der Waals surface area contributed by atoms with E-state index in [1.807, 2.05) is 32.2 Å². The van der Waals surface area contributed by atoms with Crippen molar-refractivity contribution in [3.05, 3.63) is 39.1 Å². The number of aryl methyl sites for hydroxylation is 3. The molecule has 0 saturated carbocycles. The van der Waals surface area contributed by atoms with Gasteiger partial charge in [-0.05, 0) is 26.8 Å². The van der Waals surface area contributed by atoms with E-state index in [0.29, 0.717) is 6.42 Å². The normalized spacial score (nSPS) is 12.7. The molecule has 0 radical (unpaired) electrons. The first-order chi connectivity index (χ1) is 8.06. The maximum absolute atomic E-state index is 10.2. The van der Waals surface area contributed by atoms with Crippen LogP contribution in [0, 0.1) is 20.8 Å². The van der Waals surface area contributed by atoms with Crippen molar-refractivity contribution in [2.24, 2.45) is 0 Å². The summed E-state index contributed by atoms with van der Waals surface area (Å²) < 4.78 is 0. The Morgan fingerprint density at radius 3 is 2.71 bits per heavy atom. The molecule has 0 spiro atoms. The first kappa shape index (κ1) is 12.1. The number of aliphatic hydroxyl groups excluding tert-OH is 1. The van der Waals surface area contributed by atoms with Crippen molar-refractivity contribution < 1.29 is 5.11 Å². The van der Waals surface area contributed by atoms with Gasteiger partial charge in [0.25, 0.3) is 0 Å². The molecule has 0 amide bonds. The van der Waals surface area contributed by atoms with Gasteiger partial charge in [0, 0.05) is 17.4 Å². The van der Waals surface area contributed by atoms with E-state index in [-0.39, 0.29) is 0 Å². The summed E-state index contributed by atoms with van der Waals surface area (Å²) in [6, 6.07) is 1.88. The topological polar surface area (TPSA) is 58.9 Å². The summed E-state index contributed by atoms with van der Waals surface area (Å²) in [5.74, 6) is 0. The van der Waals surface area contributed by atoms with Gasteiger partial charge in [-0.3, -0.25) is 0 Å². The fourth-order valence-electron chi connectivity index (χ4n) is 1.72. The predicted molar refractivity (Wildman–Crippen MR) is 67.0 cm³/mol. The Bertz CT molecular complexity index is 524. The van der Waals surface area contributed by atoms with Crippen LogP contribution in [0.5, 0.6) is 0 Å². The molecular formula is C12H15N3OS. The summed E-state index contributed by atoms with van der Waals surface area (Å²) in [5.41, 5.74) is 3.35. The molecule has 5 heteroatoms. The Hall–Kier alpha value is -1.33. The summed E-state index contributed by atoms with van der Waals surface area (Å²) in [4.78, 5) is 4.35. The Kier molecular flexibility index (Phi) is 3.49. The first-order valence-electron chi connectivity index (χ1n) is 5.46. The van der Waals surface area contributed by atoms with Crippen LogP contribution in [0.1, 0.15) is 33.8 Å². The number of hydrogen-bond donors (Lipinski definition) is 1. The van der Waals surface area contributed by atoms with Crippen molar-refractivity contribution in [2.45, 2.75) is 33.3 Å². The van der Waals surface area contributed by atoms with E-state index in [1.54, 1.807) is 11.3 Å². The third-order valence-corrected chi connectivity index (χ3v) is 3.39. The minimum Gasteiger partial charge on any atom is -0.388 e. The SMILES string of the molecule is Cc1cc(C(O)Cc2csc(C)n2)c(C)nn1. The number of nitrogens with zero attached hydrogens (tertiary/aromatic N) is 3. The lowest BCUT2D eigenvalue weighted by Crippen LogP contribution is -2.07. The van der Waals surface area contributed by atoms with E-state index in [9.17, 15) is 5.11 Å². The molecule has 2 heterocycles. The van der Waals surface area contributed by atoms with Gasteiger partial charge in [-0.2, -0.15) is 10.2 Å². The molecule has 90 valence electrons. The lowest BCUT2D eigenvalue weighted by Gasteiger charge is -2.11. The zero-order chi connectivity index (χ0) is 12.4. The van der Waals surface area contributed by atoms with Crippen molar-refractivity contribution in [3.63, 3.8) is 0 Å². The van der Waals surface area contributed by atoms with Crippen molar-refractivity contribution >= 4 is 11.3 Å². The standard InChI is InChI=1S/C12H15N3OS/c1-7-4-11(8(2)15-14-7)12(16)5-10-6-17-9(3)13-10/h4,6,12,16H,5H2,1-3H3. The maximum Gasteiger partial charge on any atom is 0.0897 e. The number of aliphatic hydroxyl groups is 1. The summed E-state index contributed by atoms with van der Waals surface area (Å²) in [5, 5.41) is 21.2. The Morgan fingerprint density at radius 1 is 1.29 bits per heavy atom. The van der Waals surface area contributed by atoms with Crippen LogP contribution in [0.3, 0.4) is 0 Å². The lowest BCUT2D eigenvalue weighted by atomic mass is 10.0. The molecule has 0 fully saturated rings. The summed E-state index contributed by atoms with van der Waals surface area (Å²) in [6.45, 7) is 5.69. The van der Waals surface area contributed by atoms with Gasteiger partial charge in [0.1, 0.15) is 0 Å². The fourth-order valence-corrected chi connectivity index (χ4v) is 2.34. The molecular weight excluding hydrogens is 234 g/mol. The van der Waals surface area contributed by atoms with Crippen molar-refractivity contribution in [2.75, 3.05) is 0 Å². The minimum absolute atomic E-state index is 0.524. The second-order valence-corrected chi connectivity index (χ2v) is 5.17. The number of thiazole rings is 1. The van der Waals surface area contributed by atoms with Crippen molar-refractivity contribution in [3.8, 4) is 0 Å². The largest absolute Gasteiger partial charge is 0.388 e. The van der Waals surface area contributed by atoms with Gasteiger partial charge in [-0.15, -0.1) is 11.3 Å². The maximum atomic E-state index is 10.2. The molecule has 0 aliphatic heterocycles. The molecule has 0 aliphatic carbocycles. The second-order valence-electron chi connectivity index (χ2n) is 4.10. The number of aromatic nitrogens is 3. The third-order valence-electron chi connectivity index (χ3n) is 2.57. The van der Waals surface area contributed by atoms with Crippen LogP contribution in [-0.2, 0) is 6.42 Å². The van der Waals surface area contributed by atoms with Gasteiger partial charge in [-0.1, -0.05) is 0 Å². The third kappa shape index (κ3) is 2.87. The highest BCUT2D eigenvalue weighted by Gasteiger charge is 2.14. The van der Waals surface area contributed by atoms with Crippen LogP contribution in [0.4, 0.5) is 0 Å². The van der Waals surface area contributed by atoms with Gasteiger partial charge in [0.15, 0.2) is 0 Å². The second kappa shape index (κ2) is 4.89. The van der Waals surface area contributed by atoms with Crippen molar-refractivity contribution in [1.82, 2.24) is 15.2 Å². The van der Waals surface area contributed by atoms with Gasteiger partial charge >= 0.3 is 0 Å². The van der Waals surface area contributed by atoms with Gasteiger partial charge < -0.3 is 5.11 Å². The molecule has 2 aromatic heterocycles. The fraction of sp³-hybridized carbons (Fsp3) is 0.417. The van der Waals surface area contributed by atoms with Crippen LogP contribution in [0.2, 0.25) is 0 Å². The molecule has 1 atom stereocenters. The van der Waals surface area contributed by atoms with E-state index in [2.05, 4.69) is 15.2 Å². The molecule has 1 unspecified atom stereocenters. The number of hydrogen-bond acceptors (Lipinski definition) is 5. The molecule has 0 aliphatic rings. The average molecular weight is 249 g/mol. The molecule has 2 aromatic rings. The van der Waals surface area contributed by atoms with Gasteiger partial charge in [0.2, 0.25) is 0 Å². The van der Waals surface area contributed by atoms with Crippen LogP contribution in [-0.4, -0.2) is 20.3 Å². The molecule has 1 N–H and O–H groups in total. The average Bonchev–Trinajstić information content (AvgIpc) is 2.67. The molecule has 2 rings (SSSR count). The van der Waals surface area contributed by atoms with Gasteiger partial charge in [0.05, 0.1) is 28.2 Å². The smallest absolute Gasteiger partial charge is 0.0897 e. The van der Waals surface area contributed by atoms with E-state index in [4.69, 9.17) is 0 Å². The Labute approximate surface area is 104 Å². The highest BCUT2D eigenvalue weighted by atomic mass is 32.1.